The van der Waals surface area contributed by atoms with Gasteiger partial charge in [0.2, 0.25) is 6.54 Å². The van der Waals surface area contributed by atoms with Crippen molar-refractivity contribution in [2.45, 2.75) is 23.9 Å². The summed E-state index contributed by atoms with van der Waals surface area (Å²) in [5.41, 5.74) is 1.86. The van der Waals surface area contributed by atoms with Crippen molar-refractivity contribution in [3.8, 4) is 17.2 Å². The molecule has 1 heterocycles. The predicted octanol–water partition coefficient (Wildman–Crippen LogP) is 6.21. The summed E-state index contributed by atoms with van der Waals surface area (Å²) in [4.78, 5) is 11.1. The van der Waals surface area contributed by atoms with Crippen LogP contribution in [-0.4, -0.2) is 33.3 Å². The average Bonchev–Trinajstić information content (AvgIpc) is 3.23. The third-order valence-corrected chi connectivity index (χ3v) is 6.82. The summed E-state index contributed by atoms with van der Waals surface area (Å²) in [7, 11) is 1.43. The number of hydrogen-bond donors (Lipinski definition) is 0. The van der Waals surface area contributed by atoms with E-state index in [0.717, 1.165) is 17.3 Å². The zero-order valence-corrected chi connectivity index (χ0v) is 21.3. The van der Waals surface area contributed by atoms with Crippen LogP contribution in [0.25, 0.3) is 5.69 Å². The van der Waals surface area contributed by atoms with Gasteiger partial charge in [0.1, 0.15) is 29.3 Å². The van der Waals surface area contributed by atoms with Crippen LogP contribution in [0.4, 0.5) is 8.78 Å². The first kappa shape index (κ1) is 26.4. The van der Waals surface area contributed by atoms with Gasteiger partial charge in [0.05, 0.1) is 12.1 Å². The van der Waals surface area contributed by atoms with E-state index in [9.17, 15) is 18.9 Å². The zero-order chi connectivity index (χ0) is 26.5. The number of aryl methyl sites for hydroxylation is 1. The summed E-state index contributed by atoms with van der Waals surface area (Å²) in [6, 6.07) is 14.8. The number of halogens is 3. The van der Waals surface area contributed by atoms with E-state index in [1.165, 1.54) is 31.4 Å². The van der Waals surface area contributed by atoms with E-state index in [4.69, 9.17) is 21.1 Å². The molecular formula is C25H21ClF2N4O4S. The Morgan fingerprint density at radius 3 is 2.35 bits per heavy atom. The van der Waals surface area contributed by atoms with Crippen molar-refractivity contribution < 1.29 is 23.2 Å². The number of ether oxygens (including phenoxy) is 2. The minimum atomic E-state index is -0.713. The van der Waals surface area contributed by atoms with E-state index >= 15 is 0 Å². The lowest BCUT2D eigenvalue weighted by molar-refractivity contribution is -0.479. The van der Waals surface area contributed by atoms with Crippen molar-refractivity contribution in [3.63, 3.8) is 0 Å². The van der Waals surface area contributed by atoms with Gasteiger partial charge in [-0.1, -0.05) is 35.5 Å². The van der Waals surface area contributed by atoms with Gasteiger partial charge in [0.25, 0.3) is 0 Å². The molecule has 1 atom stereocenters. The fourth-order valence-corrected chi connectivity index (χ4v) is 5.01. The van der Waals surface area contributed by atoms with Gasteiger partial charge in [0.15, 0.2) is 16.7 Å². The van der Waals surface area contributed by atoms with Gasteiger partial charge in [-0.15, -0.1) is 10.2 Å². The zero-order valence-electron chi connectivity index (χ0n) is 19.7. The molecule has 0 bridgehead atoms. The Morgan fingerprint density at radius 1 is 1.08 bits per heavy atom. The van der Waals surface area contributed by atoms with Crippen molar-refractivity contribution in [3.05, 3.63) is 104 Å². The molecule has 0 spiro atoms. The molecule has 0 aliphatic heterocycles. The van der Waals surface area contributed by atoms with Crippen molar-refractivity contribution >= 4 is 23.4 Å². The number of methoxy groups -OCH3 is 1. The quantitative estimate of drug-likeness (QED) is 0.133. The maximum Gasteiger partial charge on any atom is 0.220 e. The van der Waals surface area contributed by atoms with E-state index in [1.54, 1.807) is 47.9 Å². The molecule has 12 heteroatoms. The van der Waals surface area contributed by atoms with Crippen molar-refractivity contribution in [2.24, 2.45) is 0 Å². The summed E-state index contributed by atoms with van der Waals surface area (Å²) >= 11 is 7.65. The summed E-state index contributed by atoms with van der Waals surface area (Å²) < 4.78 is 39.6. The van der Waals surface area contributed by atoms with Crippen molar-refractivity contribution in [1.29, 1.82) is 0 Å². The molecule has 0 N–H and O–H groups in total. The van der Waals surface area contributed by atoms with Crippen molar-refractivity contribution in [1.82, 2.24) is 14.8 Å². The van der Waals surface area contributed by atoms with Crippen LogP contribution in [0.15, 0.2) is 65.8 Å². The highest BCUT2D eigenvalue weighted by molar-refractivity contribution is 7.99. The van der Waals surface area contributed by atoms with E-state index in [-0.39, 0.29) is 28.9 Å². The van der Waals surface area contributed by atoms with Crippen LogP contribution in [0.1, 0.15) is 22.2 Å². The summed E-state index contributed by atoms with van der Waals surface area (Å²) in [6.45, 7) is 1.41. The maximum absolute atomic E-state index is 13.4. The lowest BCUT2D eigenvalue weighted by atomic mass is 10.1. The molecule has 0 fully saturated rings. The van der Waals surface area contributed by atoms with E-state index in [2.05, 4.69) is 10.2 Å². The summed E-state index contributed by atoms with van der Waals surface area (Å²) in [5.74, 6) is 0.332. The number of thioether (sulfide) groups is 1. The molecule has 192 valence electrons. The van der Waals surface area contributed by atoms with Gasteiger partial charge < -0.3 is 9.47 Å². The molecule has 1 aromatic heterocycles. The van der Waals surface area contributed by atoms with Crippen LogP contribution in [0.5, 0.6) is 11.5 Å². The standard InChI is InChI=1S/C25H21ClF2N4O4S/c1-15-29-30-25(32(15)20-9-7-19(28)8-10-20)37-23(13-31(33)34)17-11-21(26)24(22(12-17)35-2)36-14-16-3-5-18(27)6-4-16/h3-12,23H,13-14H2,1-2H3/t23-/m1/s1. The highest BCUT2D eigenvalue weighted by atomic mass is 35.5. The Kier molecular flexibility index (Phi) is 8.24. The summed E-state index contributed by atoms with van der Waals surface area (Å²) in [6.07, 6.45) is 0. The Balaban J connectivity index is 1.64. The van der Waals surface area contributed by atoms with Crippen LogP contribution in [0, 0.1) is 28.7 Å². The molecule has 0 aliphatic carbocycles. The first-order valence-corrected chi connectivity index (χ1v) is 12.2. The van der Waals surface area contributed by atoms with E-state index in [0.29, 0.717) is 22.2 Å². The van der Waals surface area contributed by atoms with Crippen molar-refractivity contribution in [2.75, 3.05) is 13.7 Å². The molecular weight excluding hydrogens is 526 g/mol. The van der Waals surface area contributed by atoms with E-state index < -0.39 is 22.5 Å². The van der Waals surface area contributed by atoms with Crippen LogP contribution in [-0.2, 0) is 6.61 Å². The van der Waals surface area contributed by atoms with Crippen LogP contribution < -0.4 is 9.47 Å². The number of benzene rings is 3. The molecule has 4 aromatic rings. The molecule has 0 radical (unpaired) electrons. The maximum atomic E-state index is 13.4. The Morgan fingerprint density at radius 2 is 1.73 bits per heavy atom. The fourth-order valence-electron chi connectivity index (χ4n) is 3.58. The first-order chi connectivity index (χ1) is 17.7. The SMILES string of the molecule is COc1cc([C@@H](C[N+](=O)[O-])Sc2nnc(C)n2-c2ccc(F)cc2)cc(Cl)c1OCc1ccc(F)cc1. The Bertz CT molecular complexity index is 1400. The minimum Gasteiger partial charge on any atom is -0.493 e. The number of aromatic nitrogens is 3. The largest absolute Gasteiger partial charge is 0.493 e. The highest BCUT2D eigenvalue weighted by Gasteiger charge is 2.26. The topological polar surface area (TPSA) is 92.3 Å². The minimum absolute atomic E-state index is 0.114. The smallest absolute Gasteiger partial charge is 0.220 e. The third-order valence-electron chi connectivity index (χ3n) is 5.36. The number of hydrogen-bond acceptors (Lipinski definition) is 7. The molecule has 0 amide bonds. The molecule has 37 heavy (non-hydrogen) atoms. The molecule has 3 aromatic carbocycles. The summed E-state index contributed by atoms with van der Waals surface area (Å²) in [5, 5.41) is 19.7. The second-order valence-corrected chi connectivity index (χ2v) is 9.49. The highest BCUT2D eigenvalue weighted by Crippen LogP contribution is 2.43. The van der Waals surface area contributed by atoms with Crippen LogP contribution >= 0.6 is 23.4 Å². The Labute approximate surface area is 220 Å². The van der Waals surface area contributed by atoms with Gasteiger partial charge >= 0.3 is 0 Å². The predicted molar refractivity (Wildman–Crippen MR) is 135 cm³/mol. The van der Waals surface area contributed by atoms with Gasteiger partial charge in [-0.05, 0) is 66.6 Å². The van der Waals surface area contributed by atoms with Gasteiger partial charge in [-0.3, -0.25) is 14.7 Å². The third kappa shape index (κ3) is 6.36. The van der Waals surface area contributed by atoms with Crippen LogP contribution in [0.3, 0.4) is 0 Å². The van der Waals surface area contributed by atoms with Gasteiger partial charge in [0, 0.05) is 10.6 Å². The monoisotopic (exact) mass is 546 g/mol. The van der Waals surface area contributed by atoms with Gasteiger partial charge in [-0.25, -0.2) is 8.78 Å². The molecule has 0 aliphatic rings. The average molecular weight is 547 g/mol. The lowest BCUT2D eigenvalue weighted by Gasteiger charge is -2.18. The number of nitrogens with zero attached hydrogens (tertiary/aromatic N) is 4. The fraction of sp³-hybridized carbons (Fsp3) is 0.200. The normalized spacial score (nSPS) is 11.8. The Hall–Kier alpha value is -3.70. The number of rotatable bonds is 10. The molecule has 0 saturated heterocycles. The second kappa shape index (κ2) is 11.6. The first-order valence-electron chi connectivity index (χ1n) is 11.0. The van der Waals surface area contributed by atoms with Crippen LogP contribution in [0.2, 0.25) is 5.02 Å². The molecule has 0 unspecified atom stereocenters. The van der Waals surface area contributed by atoms with E-state index in [1.807, 2.05) is 0 Å². The second-order valence-electron chi connectivity index (χ2n) is 7.91. The van der Waals surface area contributed by atoms with Gasteiger partial charge in [-0.2, -0.15) is 0 Å². The lowest BCUT2D eigenvalue weighted by Crippen LogP contribution is -2.12. The molecule has 4 rings (SSSR count). The molecule has 0 saturated carbocycles. The molecule has 8 nitrogen and oxygen atoms in total. The number of nitro groups is 1.